The predicted molar refractivity (Wildman–Crippen MR) is 57.7 cm³/mol. The van der Waals surface area contributed by atoms with E-state index in [-0.39, 0.29) is 0 Å². The number of para-hydroxylation sites is 1. The van der Waals surface area contributed by atoms with Gasteiger partial charge in [-0.05, 0) is 29.7 Å². The summed E-state index contributed by atoms with van der Waals surface area (Å²) >= 11 is 0. The van der Waals surface area contributed by atoms with Crippen LogP contribution in [0.3, 0.4) is 0 Å². The van der Waals surface area contributed by atoms with E-state index in [2.05, 4.69) is 10.0 Å². The quantitative estimate of drug-likeness (QED) is 0.408. The van der Waals surface area contributed by atoms with Gasteiger partial charge in [-0.2, -0.15) is 0 Å². The van der Waals surface area contributed by atoms with Gasteiger partial charge >= 0.3 is 0 Å². The molecule has 0 aliphatic carbocycles. The molecule has 0 aliphatic heterocycles. The predicted octanol–water partition coefficient (Wildman–Crippen LogP) is 3.29. The summed E-state index contributed by atoms with van der Waals surface area (Å²) in [6.45, 7) is 1.84. The molecule has 0 fully saturated rings. The molecule has 0 saturated carbocycles. The number of allylic oxidation sites excluding steroid dienone is 1. The van der Waals surface area contributed by atoms with Gasteiger partial charge in [-0.3, -0.25) is 0 Å². The Kier molecular flexibility index (Phi) is 3.58. The number of anilines is 1. The molecule has 4 nitrogen and oxygen atoms in total. The van der Waals surface area contributed by atoms with Crippen molar-refractivity contribution >= 4 is 5.69 Å². The average Bonchev–Trinajstić information content (AvgIpc) is 2.26. The Morgan fingerprint density at radius 2 is 2.07 bits per heavy atom. The number of azide groups is 1. The van der Waals surface area contributed by atoms with Crippen LogP contribution in [0.25, 0.3) is 10.4 Å². The standard InChI is InChI=1S/C10H12N4/c1-3-10(12-13-11)14(2)9-7-5-4-6-8-9/h3-8H,1-2H3/b10-3-. The number of hydrogen-bond donors (Lipinski definition) is 0. The molecule has 1 aromatic carbocycles. The first-order valence-electron chi connectivity index (χ1n) is 4.29. The zero-order valence-electron chi connectivity index (χ0n) is 8.25. The maximum Gasteiger partial charge on any atom is 0.100 e. The van der Waals surface area contributed by atoms with Crippen LogP contribution < -0.4 is 4.90 Å². The van der Waals surface area contributed by atoms with Crippen LogP contribution in [0.15, 0.2) is 47.3 Å². The Morgan fingerprint density at radius 3 is 2.57 bits per heavy atom. The van der Waals surface area contributed by atoms with Crippen molar-refractivity contribution < 1.29 is 0 Å². The fourth-order valence-corrected chi connectivity index (χ4v) is 1.15. The van der Waals surface area contributed by atoms with Crippen LogP contribution in [0.5, 0.6) is 0 Å². The summed E-state index contributed by atoms with van der Waals surface area (Å²) in [5, 5.41) is 3.59. The van der Waals surface area contributed by atoms with E-state index in [1.165, 1.54) is 0 Å². The molecule has 1 aromatic rings. The molecular formula is C10H12N4. The monoisotopic (exact) mass is 188 g/mol. The van der Waals surface area contributed by atoms with Gasteiger partial charge in [0.2, 0.25) is 0 Å². The van der Waals surface area contributed by atoms with Crippen molar-refractivity contribution in [1.29, 1.82) is 0 Å². The van der Waals surface area contributed by atoms with Gasteiger partial charge < -0.3 is 4.90 Å². The van der Waals surface area contributed by atoms with Crippen molar-refractivity contribution in [3.8, 4) is 0 Å². The largest absolute Gasteiger partial charge is 0.343 e. The number of nitrogens with zero attached hydrogens (tertiary/aromatic N) is 4. The molecule has 0 aromatic heterocycles. The lowest BCUT2D eigenvalue weighted by atomic mass is 10.3. The van der Waals surface area contributed by atoms with Crippen LogP contribution in [-0.2, 0) is 0 Å². The topological polar surface area (TPSA) is 52.0 Å². The van der Waals surface area contributed by atoms with Gasteiger partial charge in [0.05, 0.1) is 0 Å². The van der Waals surface area contributed by atoms with Crippen LogP contribution in [0.1, 0.15) is 6.92 Å². The highest BCUT2D eigenvalue weighted by Gasteiger charge is 2.02. The maximum absolute atomic E-state index is 8.35. The van der Waals surface area contributed by atoms with Gasteiger partial charge in [-0.25, -0.2) is 0 Å². The van der Waals surface area contributed by atoms with Crippen molar-refractivity contribution in [3.05, 3.63) is 52.7 Å². The second kappa shape index (κ2) is 4.94. The van der Waals surface area contributed by atoms with E-state index in [1.54, 1.807) is 6.08 Å². The molecule has 0 unspecified atom stereocenters. The highest BCUT2D eigenvalue weighted by molar-refractivity contribution is 5.50. The smallest absolute Gasteiger partial charge is 0.100 e. The Hall–Kier alpha value is -1.93. The zero-order chi connectivity index (χ0) is 10.4. The summed E-state index contributed by atoms with van der Waals surface area (Å²) in [6, 6.07) is 9.73. The molecule has 14 heavy (non-hydrogen) atoms. The minimum absolute atomic E-state index is 0.596. The lowest BCUT2D eigenvalue weighted by Crippen LogP contribution is -2.14. The second-order valence-corrected chi connectivity index (χ2v) is 2.73. The molecule has 0 saturated heterocycles. The van der Waals surface area contributed by atoms with Gasteiger partial charge in [-0.15, -0.1) is 0 Å². The Labute approximate surface area is 83.1 Å². The van der Waals surface area contributed by atoms with Gasteiger partial charge in [0.15, 0.2) is 0 Å². The highest BCUT2D eigenvalue weighted by atomic mass is 15.3. The fraction of sp³-hybridized carbons (Fsp3) is 0.200. The van der Waals surface area contributed by atoms with Crippen LogP contribution >= 0.6 is 0 Å². The van der Waals surface area contributed by atoms with E-state index in [1.807, 2.05) is 49.2 Å². The maximum atomic E-state index is 8.35. The van der Waals surface area contributed by atoms with Gasteiger partial charge in [0, 0.05) is 17.6 Å². The van der Waals surface area contributed by atoms with Crippen LogP contribution in [0.2, 0.25) is 0 Å². The third kappa shape index (κ3) is 2.28. The molecule has 72 valence electrons. The Bertz CT molecular complexity index is 363. The van der Waals surface area contributed by atoms with E-state index in [0.717, 1.165) is 5.69 Å². The van der Waals surface area contributed by atoms with Crippen molar-refractivity contribution in [2.45, 2.75) is 6.92 Å². The third-order valence-electron chi connectivity index (χ3n) is 1.89. The van der Waals surface area contributed by atoms with Gasteiger partial charge in [-0.1, -0.05) is 24.3 Å². The molecule has 0 aliphatic rings. The van der Waals surface area contributed by atoms with Crippen molar-refractivity contribution in [2.75, 3.05) is 11.9 Å². The minimum atomic E-state index is 0.596. The van der Waals surface area contributed by atoms with E-state index in [4.69, 9.17) is 5.53 Å². The summed E-state index contributed by atoms with van der Waals surface area (Å²) in [4.78, 5) is 4.60. The summed E-state index contributed by atoms with van der Waals surface area (Å²) in [5.74, 6) is 0.596. The van der Waals surface area contributed by atoms with E-state index in [9.17, 15) is 0 Å². The lowest BCUT2D eigenvalue weighted by Gasteiger charge is -2.18. The summed E-state index contributed by atoms with van der Waals surface area (Å²) < 4.78 is 0. The first kappa shape index (κ1) is 10.2. The van der Waals surface area contributed by atoms with E-state index < -0.39 is 0 Å². The first-order chi connectivity index (χ1) is 6.79. The van der Waals surface area contributed by atoms with Crippen LogP contribution in [-0.4, -0.2) is 7.05 Å². The Morgan fingerprint density at radius 1 is 1.43 bits per heavy atom. The first-order valence-corrected chi connectivity index (χ1v) is 4.29. The van der Waals surface area contributed by atoms with Gasteiger partial charge in [0.25, 0.3) is 0 Å². The number of benzene rings is 1. The minimum Gasteiger partial charge on any atom is -0.343 e. The van der Waals surface area contributed by atoms with Crippen LogP contribution in [0, 0.1) is 0 Å². The summed E-state index contributed by atoms with van der Waals surface area (Å²) in [5.41, 5.74) is 9.35. The summed E-state index contributed by atoms with van der Waals surface area (Å²) in [6.07, 6.45) is 1.77. The lowest BCUT2D eigenvalue weighted by molar-refractivity contribution is 1.05. The second-order valence-electron chi connectivity index (χ2n) is 2.73. The highest BCUT2D eigenvalue weighted by Crippen LogP contribution is 2.16. The van der Waals surface area contributed by atoms with Crippen molar-refractivity contribution in [2.24, 2.45) is 5.11 Å². The molecule has 0 amide bonds. The van der Waals surface area contributed by atoms with Crippen LogP contribution in [0.4, 0.5) is 5.69 Å². The van der Waals surface area contributed by atoms with Crippen molar-refractivity contribution in [1.82, 2.24) is 0 Å². The molecule has 0 heterocycles. The Balaban J connectivity index is 2.95. The fourth-order valence-electron chi connectivity index (χ4n) is 1.15. The number of rotatable bonds is 3. The molecule has 1 rings (SSSR count). The molecule has 0 N–H and O–H groups in total. The van der Waals surface area contributed by atoms with Crippen molar-refractivity contribution in [3.63, 3.8) is 0 Å². The average molecular weight is 188 g/mol. The number of hydrogen-bond acceptors (Lipinski definition) is 2. The summed E-state index contributed by atoms with van der Waals surface area (Å²) in [7, 11) is 1.86. The molecule has 4 heteroatoms. The van der Waals surface area contributed by atoms with E-state index in [0.29, 0.717) is 5.82 Å². The molecular weight excluding hydrogens is 176 g/mol. The normalized spacial score (nSPS) is 10.6. The molecule has 0 spiro atoms. The molecule has 0 atom stereocenters. The SMILES string of the molecule is C/C=C(/N=[N+]=[N-])N(C)c1ccccc1. The zero-order valence-corrected chi connectivity index (χ0v) is 8.25. The van der Waals surface area contributed by atoms with Gasteiger partial charge in [0.1, 0.15) is 5.82 Å². The molecule has 0 bridgehead atoms. The third-order valence-corrected chi connectivity index (χ3v) is 1.89. The molecule has 0 radical (unpaired) electrons. The van der Waals surface area contributed by atoms with E-state index >= 15 is 0 Å².